The lowest BCUT2D eigenvalue weighted by atomic mass is 10.1. The maximum Gasteiger partial charge on any atom is 0.414 e. The molecule has 2 fully saturated rings. The molecule has 3 heterocycles. The Morgan fingerprint density at radius 1 is 1.17 bits per heavy atom. The molecule has 1 atom stereocenters. The number of amides is 3. The van der Waals surface area contributed by atoms with Gasteiger partial charge in [-0.1, -0.05) is 24.9 Å². The van der Waals surface area contributed by atoms with Crippen molar-refractivity contribution in [2.75, 3.05) is 41.3 Å². The van der Waals surface area contributed by atoms with Crippen LogP contribution in [0.5, 0.6) is 0 Å². The van der Waals surface area contributed by atoms with E-state index in [0.717, 1.165) is 44.5 Å². The Hall–Kier alpha value is -2.78. The maximum atomic E-state index is 12.6. The van der Waals surface area contributed by atoms with E-state index < -0.39 is 12.2 Å². The van der Waals surface area contributed by atoms with Crippen LogP contribution in [0, 0.1) is 0 Å². The molecule has 2 aliphatic rings. The van der Waals surface area contributed by atoms with Crippen LogP contribution in [0.1, 0.15) is 55.1 Å². The highest BCUT2D eigenvalue weighted by Gasteiger charge is 2.33. The second-order valence-corrected chi connectivity index (χ2v) is 10.5. The van der Waals surface area contributed by atoms with Crippen molar-refractivity contribution in [3.05, 3.63) is 39.5 Å². The lowest BCUT2D eigenvalue weighted by Crippen LogP contribution is -2.34. The van der Waals surface area contributed by atoms with Crippen molar-refractivity contribution in [1.82, 2.24) is 5.32 Å². The molecule has 0 spiro atoms. The van der Waals surface area contributed by atoms with Gasteiger partial charge in [-0.3, -0.25) is 14.5 Å². The van der Waals surface area contributed by atoms with Gasteiger partial charge in [-0.15, -0.1) is 11.3 Å². The van der Waals surface area contributed by atoms with Gasteiger partial charge in [-0.05, 0) is 56.0 Å². The topological polar surface area (TPSA) is 91.0 Å². The number of rotatable bonds is 9. The monoisotopic (exact) mass is 518 g/mol. The highest BCUT2D eigenvalue weighted by atomic mass is 35.5. The Morgan fingerprint density at radius 2 is 1.97 bits per heavy atom. The van der Waals surface area contributed by atoms with Crippen LogP contribution < -0.4 is 20.4 Å². The zero-order chi connectivity index (χ0) is 24.8. The number of nitrogens with zero attached hydrogens (tertiary/aromatic N) is 2. The molecule has 2 N–H and O–H groups in total. The molecule has 0 aliphatic carbocycles. The second kappa shape index (κ2) is 11.8. The van der Waals surface area contributed by atoms with E-state index in [2.05, 4.69) is 22.5 Å². The number of cyclic esters (lactones) is 1. The lowest BCUT2D eigenvalue weighted by Gasteiger charge is -2.31. The van der Waals surface area contributed by atoms with Crippen LogP contribution in [0.2, 0.25) is 4.34 Å². The largest absolute Gasteiger partial charge is 0.442 e. The van der Waals surface area contributed by atoms with Crippen molar-refractivity contribution in [2.24, 2.45) is 0 Å². The van der Waals surface area contributed by atoms with Crippen LogP contribution in [-0.2, 0) is 9.53 Å². The van der Waals surface area contributed by atoms with Gasteiger partial charge in [0.15, 0.2) is 0 Å². The van der Waals surface area contributed by atoms with Gasteiger partial charge < -0.3 is 20.3 Å². The fourth-order valence-electron chi connectivity index (χ4n) is 4.32. The molecular weight excluding hydrogens is 488 g/mol. The Bertz CT molecular complexity index is 1070. The van der Waals surface area contributed by atoms with E-state index in [1.165, 1.54) is 17.8 Å². The van der Waals surface area contributed by atoms with Gasteiger partial charge in [0, 0.05) is 25.2 Å². The van der Waals surface area contributed by atoms with Crippen LogP contribution in [0.15, 0.2) is 30.3 Å². The molecule has 188 valence electrons. The van der Waals surface area contributed by atoms with Crippen LogP contribution in [0.25, 0.3) is 0 Å². The summed E-state index contributed by atoms with van der Waals surface area (Å²) in [6.07, 6.45) is 4.73. The van der Waals surface area contributed by atoms with Crippen LogP contribution >= 0.6 is 22.9 Å². The minimum Gasteiger partial charge on any atom is -0.442 e. The molecular formula is C25H31ClN4O4S. The number of thiophene rings is 1. The molecule has 4 rings (SSSR count). The Balaban J connectivity index is 1.45. The minimum atomic E-state index is -0.480. The molecule has 2 saturated heterocycles. The first-order valence-corrected chi connectivity index (χ1v) is 13.3. The van der Waals surface area contributed by atoms with Gasteiger partial charge in [-0.25, -0.2) is 4.79 Å². The highest BCUT2D eigenvalue weighted by Crippen LogP contribution is 2.34. The fraction of sp³-hybridized carbons (Fsp3) is 0.480. The van der Waals surface area contributed by atoms with Crippen LogP contribution in [0.4, 0.5) is 21.9 Å². The summed E-state index contributed by atoms with van der Waals surface area (Å²) >= 11 is 7.10. The zero-order valence-corrected chi connectivity index (χ0v) is 21.4. The molecule has 2 aromatic rings. The normalized spacial score (nSPS) is 17.9. The minimum absolute atomic E-state index is 0.0273. The summed E-state index contributed by atoms with van der Waals surface area (Å²) < 4.78 is 6.03. The number of halogens is 1. The average Bonchev–Trinajstić information content (AvgIpc) is 3.47. The van der Waals surface area contributed by atoms with Crippen LogP contribution in [0.3, 0.4) is 0 Å². The summed E-state index contributed by atoms with van der Waals surface area (Å²) in [6.45, 7) is 4.44. The zero-order valence-electron chi connectivity index (χ0n) is 19.8. The molecule has 8 nitrogen and oxygen atoms in total. The molecule has 1 aromatic carbocycles. The number of carbonyl (C=O) groups is 3. The van der Waals surface area contributed by atoms with E-state index in [0.29, 0.717) is 33.6 Å². The van der Waals surface area contributed by atoms with Gasteiger partial charge in [-0.2, -0.15) is 0 Å². The summed E-state index contributed by atoms with van der Waals surface area (Å²) in [4.78, 5) is 41.8. The quantitative estimate of drug-likeness (QED) is 0.471. The van der Waals surface area contributed by atoms with Crippen LogP contribution in [-0.4, -0.2) is 50.2 Å². The number of nitrogens with one attached hydrogen (secondary N) is 2. The average molecular weight is 519 g/mol. The van der Waals surface area contributed by atoms with E-state index in [4.69, 9.17) is 16.3 Å². The second-order valence-electron chi connectivity index (χ2n) is 8.83. The number of anilines is 3. The van der Waals surface area contributed by atoms with Crippen molar-refractivity contribution >= 4 is 57.9 Å². The molecule has 1 unspecified atom stereocenters. The molecule has 3 amide bonds. The third kappa shape index (κ3) is 6.46. The van der Waals surface area contributed by atoms with Crippen molar-refractivity contribution in [3.8, 4) is 0 Å². The Morgan fingerprint density at radius 3 is 2.69 bits per heavy atom. The first-order chi connectivity index (χ1) is 16.9. The predicted molar refractivity (Wildman–Crippen MR) is 140 cm³/mol. The van der Waals surface area contributed by atoms with Crippen molar-refractivity contribution in [2.45, 2.75) is 51.6 Å². The lowest BCUT2D eigenvalue weighted by molar-refractivity contribution is -0.116. The standard InChI is InChI=1S/C25H31ClN4O4S/c1-2-3-7-23(31)28-19-14-17(8-9-20(19)29-12-5-4-6-13-29)30-16-18(34-25(30)33)15-27-24(32)21-10-11-22(26)35-21/h8-11,14,18H,2-7,12-13,15-16H2,1H3,(H,27,32)(H,28,31). The van der Waals surface area contributed by atoms with E-state index in [1.807, 2.05) is 18.2 Å². The number of benzene rings is 1. The van der Waals surface area contributed by atoms with E-state index in [1.54, 1.807) is 17.0 Å². The van der Waals surface area contributed by atoms with Crippen molar-refractivity contribution in [3.63, 3.8) is 0 Å². The van der Waals surface area contributed by atoms with E-state index >= 15 is 0 Å². The molecule has 35 heavy (non-hydrogen) atoms. The number of ether oxygens (including phenoxy) is 1. The first kappa shape index (κ1) is 25.3. The number of piperidine rings is 1. The van der Waals surface area contributed by atoms with E-state index in [9.17, 15) is 14.4 Å². The summed E-state index contributed by atoms with van der Waals surface area (Å²) in [7, 11) is 0. The highest BCUT2D eigenvalue weighted by molar-refractivity contribution is 7.18. The predicted octanol–water partition coefficient (Wildman–Crippen LogP) is 5.28. The van der Waals surface area contributed by atoms with Crippen molar-refractivity contribution < 1.29 is 19.1 Å². The van der Waals surface area contributed by atoms with Gasteiger partial charge in [0.2, 0.25) is 5.91 Å². The Kier molecular flexibility index (Phi) is 8.51. The summed E-state index contributed by atoms with van der Waals surface area (Å²) in [5.41, 5.74) is 2.34. The molecule has 1 aromatic heterocycles. The molecule has 0 saturated carbocycles. The third-order valence-corrected chi connectivity index (χ3v) is 7.41. The summed E-state index contributed by atoms with van der Waals surface area (Å²) in [6, 6.07) is 9.05. The summed E-state index contributed by atoms with van der Waals surface area (Å²) in [5.74, 6) is -0.278. The fourth-order valence-corrected chi connectivity index (χ4v) is 5.28. The number of hydrogen-bond acceptors (Lipinski definition) is 6. The third-order valence-electron chi connectivity index (χ3n) is 6.18. The molecule has 0 bridgehead atoms. The van der Waals surface area contributed by atoms with Gasteiger partial charge >= 0.3 is 6.09 Å². The summed E-state index contributed by atoms with van der Waals surface area (Å²) in [5, 5.41) is 5.87. The maximum absolute atomic E-state index is 12.6. The first-order valence-electron chi connectivity index (χ1n) is 12.1. The van der Waals surface area contributed by atoms with Crippen molar-refractivity contribution in [1.29, 1.82) is 0 Å². The van der Waals surface area contributed by atoms with Gasteiger partial charge in [0.1, 0.15) is 6.10 Å². The molecule has 10 heteroatoms. The SMILES string of the molecule is CCCCC(=O)Nc1cc(N2CC(CNC(=O)c3ccc(Cl)s3)OC2=O)ccc1N1CCCCC1. The number of hydrogen-bond donors (Lipinski definition) is 2. The smallest absolute Gasteiger partial charge is 0.414 e. The number of carbonyl (C=O) groups excluding carboxylic acids is 3. The van der Waals surface area contributed by atoms with Gasteiger partial charge in [0.05, 0.1) is 33.7 Å². The van der Waals surface area contributed by atoms with E-state index in [-0.39, 0.29) is 18.4 Å². The molecule has 2 aliphatic heterocycles. The number of unbranched alkanes of at least 4 members (excludes halogenated alkanes) is 1. The molecule has 0 radical (unpaired) electrons. The Labute approximate surface area is 214 Å². The van der Waals surface area contributed by atoms with Gasteiger partial charge in [0.25, 0.3) is 5.91 Å².